The van der Waals surface area contributed by atoms with Crippen LogP contribution in [0.1, 0.15) is 20.8 Å². The molecule has 0 aromatic carbocycles. The van der Waals surface area contributed by atoms with Gasteiger partial charge < -0.3 is 37.9 Å². The molecule has 0 saturated carbocycles. The lowest BCUT2D eigenvalue weighted by Gasteiger charge is -2.45. The summed E-state index contributed by atoms with van der Waals surface area (Å²) in [7, 11) is 0. The first-order chi connectivity index (χ1) is 14.2. The van der Waals surface area contributed by atoms with Crippen LogP contribution in [0.25, 0.3) is 0 Å². The molecule has 4 saturated heterocycles. The van der Waals surface area contributed by atoms with Crippen LogP contribution in [0, 0.1) is 0 Å². The van der Waals surface area contributed by atoms with Crippen LogP contribution in [0.4, 0.5) is 0 Å². The highest BCUT2D eigenvalue weighted by Crippen LogP contribution is 2.48. The van der Waals surface area contributed by atoms with Crippen molar-refractivity contribution >= 4 is 29.5 Å². The van der Waals surface area contributed by atoms with Crippen LogP contribution in [0.15, 0.2) is 0 Å². The number of hydrogen-bond donors (Lipinski definition) is 0. The standard InChI is InChI=1S/C18H23ClO11/c1-7(20)23-4-10-12(19)14(26-8(2)21)15(27-9(3)22)17(28-10)30-18-6-25-13-11(29-18)5-24-16(13)18/h10-17H,4-6H2,1-3H3/t10-,11-,12+,13-,14+,15-,16+,17-,18+/m1/s1. The average molecular weight is 451 g/mol. The van der Waals surface area contributed by atoms with E-state index in [0.29, 0.717) is 6.61 Å². The molecule has 4 rings (SSSR count). The molecule has 12 heteroatoms. The predicted octanol–water partition coefficient (Wildman–Crippen LogP) is -0.345. The van der Waals surface area contributed by atoms with Crippen molar-refractivity contribution < 1.29 is 52.3 Å². The van der Waals surface area contributed by atoms with Crippen molar-refractivity contribution in [3.63, 3.8) is 0 Å². The van der Waals surface area contributed by atoms with Gasteiger partial charge in [0, 0.05) is 20.8 Å². The van der Waals surface area contributed by atoms with Crippen LogP contribution in [0.2, 0.25) is 0 Å². The van der Waals surface area contributed by atoms with Gasteiger partial charge in [-0.1, -0.05) is 0 Å². The highest BCUT2D eigenvalue weighted by molar-refractivity contribution is 6.21. The SMILES string of the molecule is CC(=O)OC[C@H]1O[C@H](O[C@@]23CO[C@@H]4[C@@H](CO[C@@H]42)O3)[C@H](OC(C)=O)[C@@H](OC(C)=O)[C@H]1Cl. The zero-order chi connectivity index (χ0) is 21.6. The number of rotatable bonds is 6. The van der Waals surface area contributed by atoms with Gasteiger partial charge in [-0.2, -0.15) is 0 Å². The maximum atomic E-state index is 11.7. The molecular formula is C18H23ClO11. The molecule has 30 heavy (non-hydrogen) atoms. The molecule has 0 aromatic heterocycles. The van der Waals surface area contributed by atoms with Gasteiger partial charge in [-0.25, -0.2) is 0 Å². The second kappa shape index (κ2) is 8.21. The Kier molecular flexibility index (Phi) is 5.94. The van der Waals surface area contributed by atoms with Gasteiger partial charge in [-0.05, 0) is 0 Å². The third kappa shape index (κ3) is 3.90. The molecule has 4 bridgehead atoms. The molecule has 11 nitrogen and oxygen atoms in total. The number of alkyl halides is 1. The Morgan fingerprint density at radius 2 is 1.73 bits per heavy atom. The summed E-state index contributed by atoms with van der Waals surface area (Å²) in [5.74, 6) is -3.10. The number of hydrogen-bond acceptors (Lipinski definition) is 11. The molecule has 4 aliphatic heterocycles. The van der Waals surface area contributed by atoms with Gasteiger partial charge >= 0.3 is 17.9 Å². The first-order valence-corrected chi connectivity index (χ1v) is 10.00. The molecule has 0 spiro atoms. The first kappa shape index (κ1) is 21.7. The summed E-state index contributed by atoms with van der Waals surface area (Å²) in [5, 5.41) is -0.986. The summed E-state index contributed by atoms with van der Waals surface area (Å²) in [6.45, 7) is 3.88. The smallest absolute Gasteiger partial charge is 0.303 e. The van der Waals surface area contributed by atoms with Gasteiger partial charge in [0.1, 0.15) is 43.0 Å². The highest BCUT2D eigenvalue weighted by Gasteiger charge is 2.69. The Labute approximate surface area is 177 Å². The molecule has 4 fully saturated rings. The Balaban J connectivity index is 1.59. The molecule has 4 heterocycles. The Hall–Kier alpha value is -1.50. The molecule has 0 radical (unpaired) electrons. The summed E-state index contributed by atoms with van der Waals surface area (Å²) >= 11 is 6.46. The minimum Gasteiger partial charge on any atom is -0.463 e. The zero-order valence-electron chi connectivity index (χ0n) is 16.6. The lowest BCUT2D eigenvalue weighted by Crippen LogP contribution is -2.63. The van der Waals surface area contributed by atoms with Crippen molar-refractivity contribution in [1.29, 1.82) is 0 Å². The van der Waals surface area contributed by atoms with E-state index in [1.165, 1.54) is 20.8 Å². The van der Waals surface area contributed by atoms with E-state index in [-0.39, 0.29) is 25.4 Å². The van der Waals surface area contributed by atoms with E-state index in [1.807, 2.05) is 0 Å². The maximum absolute atomic E-state index is 11.7. The number of carbonyl (C=O) groups is 3. The summed E-state index contributed by atoms with van der Waals surface area (Å²) < 4.78 is 45.1. The van der Waals surface area contributed by atoms with E-state index in [1.54, 1.807) is 0 Å². The number of halogens is 1. The van der Waals surface area contributed by atoms with Gasteiger partial charge in [-0.15, -0.1) is 11.6 Å². The van der Waals surface area contributed by atoms with Crippen molar-refractivity contribution in [1.82, 2.24) is 0 Å². The zero-order valence-corrected chi connectivity index (χ0v) is 17.4. The highest BCUT2D eigenvalue weighted by atomic mass is 35.5. The second-order valence-electron chi connectivity index (χ2n) is 7.55. The average Bonchev–Trinajstić information content (AvgIpc) is 3.31. The fourth-order valence-electron chi connectivity index (χ4n) is 4.17. The molecule has 168 valence electrons. The van der Waals surface area contributed by atoms with Crippen molar-refractivity contribution in [2.45, 2.75) is 74.8 Å². The first-order valence-electron chi connectivity index (χ1n) is 9.56. The predicted molar refractivity (Wildman–Crippen MR) is 94.2 cm³/mol. The molecular weight excluding hydrogens is 428 g/mol. The van der Waals surface area contributed by atoms with E-state index in [4.69, 9.17) is 49.5 Å². The van der Waals surface area contributed by atoms with E-state index in [9.17, 15) is 14.4 Å². The van der Waals surface area contributed by atoms with Gasteiger partial charge in [0.2, 0.25) is 12.1 Å². The largest absolute Gasteiger partial charge is 0.463 e. The van der Waals surface area contributed by atoms with Crippen LogP contribution in [0.5, 0.6) is 0 Å². The van der Waals surface area contributed by atoms with Crippen LogP contribution in [-0.4, -0.2) is 91.8 Å². The molecule has 4 aliphatic rings. The van der Waals surface area contributed by atoms with Crippen LogP contribution in [-0.2, 0) is 52.3 Å². The van der Waals surface area contributed by atoms with Gasteiger partial charge in [0.05, 0.1) is 6.61 Å². The molecule has 0 unspecified atom stereocenters. The fourth-order valence-corrected chi connectivity index (χ4v) is 4.50. The minimum atomic E-state index is -1.26. The Bertz CT molecular complexity index is 716. The maximum Gasteiger partial charge on any atom is 0.303 e. The third-order valence-corrected chi connectivity index (χ3v) is 5.84. The summed E-state index contributed by atoms with van der Waals surface area (Å²) in [5.41, 5.74) is 0. The number of ether oxygens (including phenoxy) is 8. The van der Waals surface area contributed by atoms with Crippen molar-refractivity contribution in [3.05, 3.63) is 0 Å². The lowest BCUT2D eigenvalue weighted by molar-refractivity contribution is -0.386. The summed E-state index contributed by atoms with van der Waals surface area (Å²) in [6, 6.07) is 0. The summed E-state index contributed by atoms with van der Waals surface area (Å²) in [6.07, 6.45) is -5.49. The molecule has 0 N–H and O–H groups in total. The van der Waals surface area contributed by atoms with Crippen molar-refractivity contribution in [2.75, 3.05) is 19.8 Å². The second-order valence-corrected chi connectivity index (χ2v) is 8.06. The van der Waals surface area contributed by atoms with E-state index in [2.05, 4.69) is 0 Å². The molecule has 9 atom stereocenters. The normalized spacial score (nSPS) is 44.0. The molecule has 0 aliphatic carbocycles. The number of esters is 3. The van der Waals surface area contributed by atoms with E-state index < -0.39 is 59.8 Å². The van der Waals surface area contributed by atoms with Crippen molar-refractivity contribution in [2.24, 2.45) is 0 Å². The van der Waals surface area contributed by atoms with Crippen molar-refractivity contribution in [3.8, 4) is 0 Å². The van der Waals surface area contributed by atoms with Crippen LogP contribution in [0.3, 0.4) is 0 Å². The Morgan fingerprint density at radius 1 is 1.03 bits per heavy atom. The van der Waals surface area contributed by atoms with Crippen LogP contribution < -0.4 is 0 Å². The van der Waals surface area contributed by atoms with Gasteiger partial charge in [0.25, 0.3) is 0 Å². The molecule has 0 aromatic rings. The number of carbonyl (C=O) groups excluding carboxylic acids is 3. The van der Waals surface area contributed by atoms with Crippen LogP contribution >= 0.6 is 11.6 Å². The summed E-state index contributed by atoms with van der Waals surface area (Å²) in [4.78, 5) is 34.7. The fraction of sp³-hybridized carbons (Fsp3) is 0.833. The van der Waals surface area contributed by atoms with E-state index >= 15 is 0 Å². The quantitative estimate of drug-likeness (QED) is 0.299. The van der Waals surface area contributed by atoms with Gasteiger partial charge in [0.15, 0.2) is 12.2 Å². The monoisotopic (exact) mass is 450 g/mol. The van der Waals surface area contributed by atoms with Gasteiger partial charge in [-0.3, -0.25) is 14.4 Å². The third-order valence-electron chi connectivity index (χ3n) is 5.31. The molecule has 0 amide bonds. The Morgan fingerprint density at radius 3 is 2.33 bits per heavy atom. The lowest BCUT2D eigenvalue weighted by atomic mass is 10.0. The van der Waals surface area contributed by atoms with E-state index in [0.717, 1.165) is 0 Å². The topological polar surface area (TPSA) is 125 Å². The minimum absolute atomic E-state index is 0.0859.